The van der Waals surface area contributed by atoms with E-state index in [2.05, 4.69) is 5.32 Å². The number of hydrogen-bond acceptors (Lipinski definition) is 5. The molecule has 0 unspecified atom stereocenters. The van der Waals surface area contributed by atoms with Crippen molar-refractivity contribution in [3.8, 4) is 5.75 Å². The number of hydrogen-bond donors (Lipinski definition) is 1. The van der Waals surface area contributed by atoms with Gasteiger partial charge in [0.25, 0.3) is 5.91 Å². The van der Waals surface area contributed by atoms with Gasteiger partial charge in [0, 0.05) is 4.88 Å². The molecule has 1 amide bonds. The molecule has 1 atom stereocenters. The van der Waals surface area contributed by atoms with Crippen molar-refractivity contribution in [2.45, 2.75) is 52.6 Å². The Morgan fingerprint density at radius 1 is 1.19 bits per heavy atom. The summed E-state index contributed by atoms with van der Waals surface area (Å²) in [6.07, 6.45) is 3.26. The number of esters is 1. The zero-order valence-corrected chi connectivity index (χ0v) is 17.0. The summed E-state index contributed by atoms with van der Waals surface area (Å²) in [6.45, 7) is 5.69. The zero-order chi connectivity index (χ0) is 19.6. The molecule has 1 aromatic heterocycles. The van der Waals surface area contributed by atoms with Crippen LogP contribution in [0.4, 0.5) is 5.00 Å². The number of anilines is 1. The van der Waals surface area contributed by atoms with Gasteiger partial charge in [-0.3, -0.25) is 4.79 Å². The van der Waals surface area contributed by atoms with E-state index in [0.717, 1.165) is 42.4 Å². The van der Waals surface area contributed by atoms with Gasteiger partial charge in [0.05, 0.1) is 12.7 Å². The SMILES string of the molecule is COC(=O)c1c(NC(=O)[C@@H](C)Oc2cccc(C)c2C)sc2c1CCCC2. The van der Waals surface area contributed by atoms with Gasteiger partial charge < -0.3 is 14.8 Å². The normalized spacial score (nSPS) is 14.2. The van der Waals surface area contributed by atoms with Gasteiger partial charge in [-0.2, -0.15) is 0 Å². The van der Waals surface area contributed by atoms with E-state index in [4.69, 9.17) is 9.47 Å². The van der Waals surface area contributed by atoms with E-state index in [1.807, 2.05) is 32.0 Å². The van der Waals surface area contributed by atoms with Crippen molar-refractivity contribution in [2.24, 2.45) is 0 Å². The third kappa shape index (κ3) is 4.00. The molecule has 0 fully saturated rings. The van der Waals surface area contributed by atoms with Crippen LogP contribution in [0.25, 0.3) is 0 Å². The second-order valence-corrected chi connectivity index (χ2v) is 7.96. The van der Waals surface area contributed by atoms with Crippen molar-refractivity contribution in [3.63, 3.8) is 0 Å². The molecule has 1 N–H and O–H groups in total. The number of aryl methyl sites for hydroxylation is 2. The average molecular weight is 388 g/mol. The fraction of sp³-hybridized carbons (Fsp3) is 0.429. The summed E-state index contributed by atoms with van der Waals surface area (Å²) in [5.41, 5.74) is 3.65. The van der Waals surface area contributed by atoms with Gasteiger partial charge in [0.2, 0.25) is 0 Å². The smallest absolute Gasteiger partial charge is 0.341 e. The maximum absolute atomic E-state index is 12.7. The molecule has 1 aromatic carbocycles. The molecule has 0 aliphatic heterocycles. The molecule has 5 nitrogen and oxygen atoms in total. The van der Waals surface area contributed by atoms with Crippen molar-refractivity contribution < 1.29 is 19.1 Å². The minimum absolute atomic E-state index is 0.278. The number of thiophene rings is 1. The Balaban J connectivity index is 1.80. The minimum atomic E-state index is -0.685. The van der Waals surface area contributed by atoms with Gasteiger partial charge in [-0.25, -0.2) is 4.79 Å². The molecular formula is C21H25NO4S. The number of ether oxygens (including phenoxy) is 2. The maximum atomic E-state index is 12.7. The van der Waals surface area contributed by atoms with Gasteiger partial charge in [-0.15, -0.1) is 11.3 Å². The van der Waals surface area contributed by atoms with E-state index in [0.29, 0.717) is 16.3 Å². The first-order valence-corrected chi connectivity index (χ1v) is 10.0. The number of nitrogens with one attached hydrogen (secondary N) is 1. The van der Waals surface area contributed by atoms with Crippen LogP contribution in [0, 0.1) is 13.8 Å². The largest absolute Gasteiger partial charge is 0.481 e. The van der Waals surface area contributed by atoms with Crippen LogP contribution in [0.5, 0.6) is 5.75 Å². The average Bonchev–Trinajstić information content (AvgIpc) is 3.02. The van der Waals surface area contributed by atoms with Crippen LogP contribution in [0.3, 0.4) is 0 Å². The lowest BCUT2D eigenvalue weighted by Crippen LogP contribution is -2.30. The fourth-order valence-corrected chi connectivity index (χ4v) is 4.56. The van der Waals surface area contributed by atoms with E-state index in [-0.39, 0.29) is 5.91 Å². The Bertz CT molecular complexity index is 871. The number of fused-ring (bicyclic) bond motifs is 1. The predicted molar refractivity (Wildman–Crippen MR) is 107 cm³/mol. The summed E-state index contributed by atoms with van der Waals surface area (Å²) < 4.78 is 10.8. The van der Waals surface area contributed by atoms with Crippen LogP contribution in [-0.2, 0) is 22.4 Å². The minimum Gasteiger partial charge on any atom is -0.481 e. The van der Waals surface area contributed by atoms with Crippen molar-refractivity contribution in [1.82, 2.24) is 0 Å². The summed E-state index contributed by atoms with van der Waals surface area (Å²) in [7, 11) is 1.37. The summed E-state index contributed by atoms with van der Waals surface area (Å²) in [6, 6.07) is 5.77. The Hall–Kier alpha value is -2.34. The Morgan fingerprint density at radius 2 is 1.93 bits per heavy atom. The predicted octanol–water partition coefficient (Wildman–Crippen LogP) is 4.44. The zero-order valence-electron chi connectivity index (χ0n) is 16.2. The molecule has 0 spiro atoms. The summed E-state index contributed by atoms with van der Waals surface area (Å²) in [4.78, 5) is 26.2. The van der Waals surface area contributed by atoms with Crippen molar-refractivity contribution in [1.29, 1.82) is 0 Å². The van der Waals surface area contributed by atoms with E-state index in [1.54, 1.807) is 6.92 Å². The molecule has 0 radical (unpaired) electrons. The molecule has 1 aliphatic carbocycles. The number of amides is 1. The van der Waals surface area contributed by atoms with E-state index >= 15 is 0 Å². The van der Waals surface area contributed by atoms with Crippen molar-refractivity contribution in [2.75, 3.05) is 12.4 Å². The van der Waals surface area contributed by atoms with Crippen LogP contribution in [0.1, 0.15) is 51.7 Å². The molecule has 144 valence electrons. The first-order valence-electron chi connectivity index (χ1n) is 9.19. The molecule has 2 aromatic rings. The van der Waals surface area contributed by atoms with E-state index < -0.39 is 12.1 Å². The lowest BCUT2D eigenvalue weighted by atomic mass is 9.95. The first-order chi connectivity index (χ1) is 12.9. The molecule has 0 saturated carbocycles. The second-order valence-electron chi connectivity index (χ2n) is 6.85. The van der Waals surface area contributed by atoms with Gasteiger partial charge in [-0.05, 0) is 69.2 Å². The quantitative estimate of drug-likeness (QED) is 0.771. The number of carbonyl (C=O) groups excluding carboxylic acids is 2. The standard InChI is InChI=1S/C21H25NO4S/c1-12-8-7-10-16(13(12)2)26-14(3)19(23)22-20-18(21(24)25-4)15-9-5-6-11-17(15)27-20/h7-8,10,14H,5-6,9,11H2,1-4H3,(H,22,23)/t14-/m1/s1. The third-order valence-electron chi connectivity index (χ3n) is 5.03. The van der Waals surface area contributed by atoms with Crippen molar-refractivity contribution >= 4 is 28.2 Å². The van der Waals surface area contributed by atoms with Gasteiger partial charge >= 0.3 is 5.97 Å². The highest BCUT2D eigenvalue weighted by molar-refractivity contribution is 7.17. The number of methoxy groups -OCH3 is 1. The highest BCUT2D eigenvalue weighted by atomic mass is 32.1. The number of carbonyl (C=O) groups is 2. The molecule has 3 rings (SSSR count). The van der Waals surface area contributed by atoms with Crippen LogP contribution in [-0.4, -0.2) is 25.1 Å². The number of benzene rings is 1. The Morgan fingerprint density at radius 3 is 2.67 bits per heavy atom. The summed E-state index contributed by atoms with van der Waals surface area (Å²) >= 11 is 1.47. The summed E-state index contributed by atoms with van der Waals surface area (Å²) in [5.74, 6) is 0.0174. The van der Waals surface area contributed by atoms with Crippen molar-refractivity contribution in [3.05, 3.63) is 45.3 Å². The lowest BCUT2D eigenvalue weighted by Gasteiger charge is -2.17. The monoisotopic (exact) mass is 387 g/mol. The molecule has 1 aliphatic rings. The van der Waals surface area contributed by atoms with E-state index in [1.165, 1.54) is 23.3 Å². The topological polar surface area (TPSA) is 64.6 Å². The molecule has 27 heavy (non-hydrogen) atoms. The van der Waals surface area contributed by atoms with Crippen LogP contribution in [0.2, 0.25) is 0 Å². The highest BCUT2D eigenvalue weighted by Crippen LogP contribution is 2.38. The van der Waals surface area contributed by atoms with Crippen LogP contribution < -0.4 is 10.1 Å². The second kappa shape index (κ2) is 8.13. The lowest BCUT2D eigenvalue weighted by molar-refractivity contribution is -0.122. The summed E-state index contributed by atoms with van der Waals surface area (Å²) in [5, 5.41) is 3.46. The molecular weight excluding hydrogens is 362 g/mol. The first kappa shape index (κ1) is 19.4. The maximum Gasteiger partial charge on any atom is 0.341 e. The van der Waals surface area contributed by atoms with Gasteiger partial charge in [0.1, 0.15) is 10.8 Å². The third-order valence-corrected chi connectivity index (χ3v) is 6.23. The Kier molecular flexibility index (Phi) is 5.85. The van der Waals surface area contributed by atoms with Crippen LogP contribution in [0.15, 0.2) is 18.2 Å². The molecule has 1 heterocycles. The Labute approximate surface area is 163 Å². The van der Waals surface area contributed by atoms with Gasteiger partial charge in [0.15, 0.2) is 6.10 Å². The van der Waals surface area contributed by atoms with Crippen LogP contribution >= 0.6 is 11.3 Å². The fourth-order valence-electron chi connectivity index (χ4n) is 3.28. The molecule has 0 saturated heterocycles. The number of rotatable bonds is 5. The van der Waals surface area contributed by atoms with Gasteiger partial charge in [-0.1, -0.05) is 12.1 Å². The molecule has 0 bridgehead atoms. The highest BCUT2D eigenvalue weighted by Gasteiger charge is 2.28. The van der Waals surface area contributed by atoms with E-state index in [9.17, 15) is 9.59 Å². The molecule has 6 heteroatoms.